The molecule has 2 nitrogen and oxygen atoms in total. The summed E-state index contributed by atoms with van der Waals surface area (Å²) in [5.41, 5.74) is 0.987. The molecular formula is C11H13ClO2. The number of hydrogen-bond acceptors (Lipinski definition) is 2. The SMILES string of the molecule is CCC(=O)COCc1cccc(Cl)c1. The van der Waals surface area contributed by atoms with Crippen LogP contribution in [0, 0.1) is 0 Å². The van der Waals surface area contributed by atoms with E-state index >= 15 is 0 Å². The molecule has 0 aliphatic carbocycles. The van der Waals surface area contributed by atoms with Gasteiger partial charge in [0.05, 0.1) is 6.61 Å². The minimum absolute atomic E-state index is 0.118. The summed E-state index contributed by atoms with van der Waals surface area (Å²) in [7, 11) is 0. The number of Topliss-reactive ketones (excluding diaryl/α,β-unsaturated/α-hetero) is 1. The van der Waals surface area contributed by atoms with Crippen molar-refractivity contribution < 1.29 is 9.53 Å². The van der Waals surface area contributed by atoms with Gasteiger partial charge in [-0.1, -0.05) is 30.7 Å². The Kier molecular flexibility index (Phi) is 4.63. The number of ether oxygens (including phenoxy) is 1. The summed E-state index contributed by atoms with van der Waals surface area (Å²) in [5.74, 6) is 0.118. The Morgan fingerprint density at radius 1 is 1.50 bits per heavy atom. The number of ketones is 1. The van der Waals surface area contributed by atoms with Gasteiger partial charge in [0.1, 0.15) is 6.61 Å². The van der Waals surface area contributed by atoms with E-state index in [2.05, 4.69) is 0 Å². The van der Waals surface area contributed by atoms with Gasteiger partial charge in [0.25, 0.3) is 0 Å². The van der Waals surface area contributed by atoms with Crippen LogP contribution >= 0.6 is 11.6 Å². The third-order valence-electron chi connectivity index (χ3n) is 1.82. The van der Waals surface area contributed by atoms with Crippen molar-refractivity contribution in [1.82, 2.24) is 0 Å². The molecule has 1 aromatic rings. The molecule has 1 aromatic carbocycles. The van der Waals surface area contributed by atoms with Crippen molar-refractivity contribution in [2.45, 2.75) is 20.0 Å². The summed E-state index contributed by atoms with van der Waals surface area (Å²) in [6.07, 6.45) is 0.523. The molecule has 0 unspecified atom stereocenters. The van der Waals surface area contributed by atoms with Crippen LogP contribution in [0.4, 0.5) is 0 Å². The monoisotopic (exact) mass is 212 g/mol. The first-order valence-electron chi connectivity index (χ1n) is 4.56. The first-order valence-corrected chi connectivity index (χ1v) is 4.94. The smallest absolute Gasteiger partial charge is 0.158 e. The number of carbonyl (C=O) groups excluding carboxylic acids is 1. The highest BCUT2D eigenvalue weighted by molar-refractivity contribution is 6.30. The normalized spacial score (nSPS) is 10.1. The Morgan fingerprint density at radius 3 is 2.93 bits per heavy atom. The van der Waals surface area contributed by atoms with Crippen molar-refractivity contribution >= 4 is 17.4 Å². The van der Waals surface area contributed by atoms with Crippen molar-refractivity contribution in [3.8, 4) is 0 Å². The standard InChI is InChI=1S/C11H13ClO2/c1-2-11(13)8-14-7-9-4-3-5-10(12)6-9/h3-6H,2,7-8H2,1H3. The molecule has 0 radical (unpaired) electrons. The van der Waals surface area contributed by atoms with E-state index in [1.165, 1.54) is 0 Å². The summed E-state index contributed by atoms with van der Waals surface area (Å²) >= 11 is 5.79. The van der Waals surface area contributed by atoms with Crippen LogP contribution in [0.3, 0.4) is 0 Å². The fraction of sp³-hybridized carbons (Fsp3) is 0.364. The highest BCUT2D eigenvalue weighted by Gasteiger charge is 1.99. The predicted molar refractivity (Wildman–Crippen MR) is 56.4 cm³/mol. The van der Waals surface area contributed by atoms with Crippen LogP contribution in [0.2, 0.25) is 5.02 Å². The summed E-state index contributed by atoms with van der Waals surface area (Å²) in [4.78, 5) is 10.9. The maximum absolute atomic E-state index is 10.9. The summed E-state index contributed by atoms with van der Waals surface area (Å²) in [6, 6.07) is 7.42. The number of carbonyl (C=O) groups is 1. The molecule has 0 amide bonds. The van der Waals surface area contributed by atoms with E-state index in [1.807, 2.05) is 31.2 Å². The van der Waals surface area contributed by atoms with Gasteiger partial charge in [-0.15, -0.1) is 0 Å². The van der Waals surface area contributed by atoms with Crippen molar-refractivity contribution in [3.05, 3.63) is 34.9 Å². The molecule has 0 fully saturated rings. The van der Waals surface area contributed by atoms with E-state index in [0.717, 1.165) is 5.56 Å². The highest BCUT2D eigenvalue weighted by atomic mass is 35.5. The zero-order valence-electron chi connectivity index (χ0n) is 8.13. The van der Waals surface area contributed by atoms with Gasteiger partial charge >= 0.3 is 0 Å². The van der Waals surface area contributed by atoms with E-state index in [-0.39, 0.29) is 12.4 Å². The van der Waals surface area contributed by atoms with E-state index in [1.54, 1.807) is 0 Å². The summed E-state index contributed by atoms with van der Waals surface area (Å²) in [5, 5.41) is 0.688. The Labute approximate surface area is 88.8 Å². The maximum atomic E-state index is 10.9. The molecule has 0 saturated heterocycles. The summed E-state index contributed by atoms with van der Waals surface area (Å²) < 4.78 is 5.22. The molecule has 0 N–H and O–H groups in total. The Bertz CT molecular complexity index is 310. The molecule has 0 bridgehead atoms. The first kappa shape index (κ1) is 11.2. The number of hydrogen-bond donors (Lipinski definition) is 0. The van der Waals surface area contributed by atoms with Gasteiger partial charge in [0.2, 0.25) is 0 Å². The molecular weight excluding hydrogens is 200 g/mol. The largest absolute Gasteiger partial charge is 0.369 e. The summed E-state index contributed by atoms with van der Waals surface area (Å²) in [6.45, 7) is 2.44. The van der Waals surface area contributed by atoms with E-state index in [0.29, 0.717) is 18.1 Å². The lowest BCUT2D eigenvalue weighted by molar-refractivity contribution is -0.123. The van der Waals surface area contributed by atoms with E-state index in [4.69, 9.17) is 16.3 Å². The molecule has 76 valence electrons. The fourth-order valence-corrected chi connectivity index (χ4v) is 1.22. The van der Waals surface area contributed by atoms with Gasteiger partial charge in [-0.2, -0.15) is 0 Å². The Balaban J connectivity index is 2.35. The molecule has 0 aliphatic heterocycles. The molecule has 0 aliphatic rings. The van der Waals surface area contributed by atoms with Crippen molar-refractivity contribution in [1.29, 1.82) is 0 Å². The molecule has 0 saturated carbocycles. The van der Waals surface area contributed by atoms with Crippen LogP contribution in [0.5, 0.6) is 0 Å². The minimum Gasteiger partial charge on any atom is -0.369 e. The van der Waals surface area contributed by atoms with Gasteiger partial charge in [-0.3, -0.25) is 4.79 Å². The molecule has 0 aromatic heterocycles. The van der Waals surface area contributed by atoms with Crippen LogP contribution in [-0.4, -0.2) is 12.4 Å². The van der Waals surface area contributed by atoms with Gasteiger partial charge in [0, 0.05) is 11.4 Å². The average Bonchev–Trinajstić information content (AvgIpc) is 2.17. The van der Waals surface area contributed by atoms with Gasteiger partial charge in [-0.25, -0.2) is 0 Å². The lowest BCUT2D eigenvalue weighted by atomic mass is 10.2. The topological polar surface area (TPSA) is 26.3 Å². The van der Waals surface area contributed by atoms with Crippen molar-refractivity contribution in [3.63, 3.8) is 0 Å². The molecule has 0 heterocycles. The van der Waals surface area contributed by atoms with E-state index < -0.39 is 0 Å². The zero-order chi connectivity index (χ0) is 10.4. The second kappa shape index (κ2) is 5.78. The van der Waals surface area contributed by atoms with Crippen LogP contribution in [0.25, 0.3) is 0 Å². The van der Waals surface area contributed by atoms with Crippen LogP contribution in [-0.2, 0) is 16.1 Å². The quantitative estimate of drug-likeness (QED) is 0.750. The molecule has 0 atom stereocenters. The molecule has 14 heavy (non-hydrogen) atoms. The third kappa shape index (κ3) is 3.90. The third-order valence-corrected chi connectivity index (χ3v) is 2.05. The zero-order valence-corrected chi connectivity index (χ0v) is 8.88. The predicted octanol–water partition coefficient (Wildman–Crippen LogP) is 2.84. The minimum atomic E-state index is 0.118. The Hall–Kier alpha value is -0.860. The molecule has 1 rings (SSSR count). The van der Waals surface area contributed by atoms with Gasteiger partial charge in [0.15, 0.2) is 5.78 Å². The Morgan fingerprint density at radius 2 is 2.29 bits per heavy atom. The second-order valence-electron chi connectivity index (χ2n) is 3.01. The second-order valence-corrected chi connectivity index (χ2v) is 3.45. The number of halogens is 1. The molecule has 3 heteroatoms. The fourth-order valence-electron chi connectivity index (χ4n) is 1.01. The number of rotatable bonds is 5. The van der Waals surface area contributed by atoms with Crippen LogP contribution in [0.1, 0.15) is 18.9 Å². The average molecular weight is 213 g/mol. The maximum Gasteiger partial charge on any atom is 0.158 e. The lowest BCUT2D eigenvalue weighted by Gasteiger charge is -2.02. The van der Waals surface area contributed by atoms with Crippen molar-refractivity contribution in [2.24, 2.45) is 0 Å². The lowest BCUT2D eigenvalue weighted by Crippen LogP contribution is -2.06. The van der Waals surface area contributed by atoms with E-state index in [9.17, 15) is 4.79 Å². The van der Waals surface area contributed by atoms with Gasteiger partial charge in [-0.05, 0) is 17.7 Å². The number of benzene rings is 1. The van der Waals surface area contributed by atoms with Gasteiger partial charge < -0.3 is 4.74 Å². The highest BCUT2D eigenvalue weighted by Crippen LogP contribution is 2.11. The van der Waals surface area contributed by atoms with Crippen molar-refractivity contribution in [2.75, 3.05) is 6.61 Å². The molecule has 0 spiro atoms. The van der Waals surface area contributed by atoms with Crippen LogP contribution in [0.15, 0.2) is 24.3 Å². The van der Waals surface area contributed by atoms with Crippen LogP contribution < -0.4 is 0 Å². The first-order chi connectivity index (χ1) is 6.72.